The van der Waals surface area contributed by atoms with Crippen molar-refractivity contribution < 1.29 is 9.72 Å². The fraction of sp³-hybridized carbons (Fsp3) is 0.294. The maximum absolute atomic E-state index is 12.1. The molecule has 1 fully saturated rings. The van der Waals surface area contributed by atoms with Crippen molar-refractivity contribution in [3.63, 3.8) is 0 Å². The van der Waals surface area contributed by atoms with Crippen molar-refractivity contribution >= 4 is 5.91 Å². The van der Waals surface area contributed by atoms with Crippen molar-refractivity contribution in [1.82, 2.24) is 4.57 Å². The summed E-state index contributed by atoms with van der Waals surface area (Å²) in [5, 5.41) is 10.7. The number of nitrogens with zero attached hydrogens (tertiary/aromatic N) is 3. The lowest BCUT2D eigenvalue weighted by atomic mass is 10.1. The molecule has 1 aromatic heterocycles. The van der Waals surface area contributed by atoms with E-state index in [0.717, 1.165) is 5.56 Å². The molecule has 0 spiro atoms. The van der Waals surface area contributed by atoms with Crippen molar-refractivity contribution in [1.29, 1.82) is 0 Å². The number of hydrogen-bond donors (Lipinski definition) is 0. The molecule has 6 nitrogen and oxygen atoms in total. The Morgan fingerprint density at radius 2 is 2.04 bits per heavy atom. The van der Waals surface area contributed by atoms with Crippen molar-refractivity contribution in [2.45, 2.75) is 25.9 Å². The van der Waals surface area contributed by atoms with Gasteiger partial charge in [0.1, 0.15) is 11.4 Å². The van der Waals surface area contributed by atoms with Gasteiger partial charge in [0.05, 0.1) is 0 Å². The first-order valence-electron chi connectivity index (χ1n) is 7.47. The fourth-order valence-corrected chi connectivity index (χ4v) is 2.47. The van der Waals surface area contributed by atoms with Gasteiger partial charge in [-0.1, -0.05) is 35.9 Å². The molecule has 1 amide bonds. The Hall–Kier alpha value is -2.76. The van der Waals surface area contributed by atoms with Crippen molar-refractivity contribution in [2.24, 2.45) is 10.9 Å². The lowest BCUT2D eigenvalue weighted by Gasteiger charge is -2.07. The van der Waals surface area contributed by atoms with Crippen LogP contribution in [0.5, 0.6) is 0 Å². The van der Waals surface area contributed by atoms with E-state index in [1.807, 2.05) is 48.0 Å². The molecule has 3 rings (SSSR count). The lowest BCUT2D eigenvalue weighted by molar-refractivity contribution is -0.497. The average Bonchev–Trinajstić information content (AvgIpc) is 3.32. The minimum absolute atomic E-state index is 0.292. The van der Waals surface area contributed by atoms with Crippen LogP contribution in [0.2, 0.25) is 0 Å². The minimum atomic E-state index is -0.763. The Kier molecular flexibility index (Phi) is 4.06. The zero-order valence-electron chi connectivity index (χ0n) is 12.8. The molecule has 1 aliphatic carbocycles. The summed E-state index contributed by atoms with van der Waals surface area (Å²) in [5.74, 6) is -0.978. The summed E-state index contributed by atoms with van der Waals surface area (Å²) < 4.78 is 1.87. The van der Waals surface area contributed by atoms with Gasteiger partial charge in [0.15, 0.2) is 0 Å². The van der Waals surface area contributed by atoms with Gasteiger partial charge < -0.3 is 4.57 Å². The van der Waals surface area contributed by atoms with Gasteiger partial charge in [0.2, 0.25) is 6.04 Å². The van der Waals surface area contributed by atoms with E-state index in [0.29, 0.717) is 18.5 Å². The maximum Gasteiger partial charge on any atom is 0.257 e. The van der Waals surface area contributed by atoms with E-state index in [9.17, 15) is 14.9 Å². The SMILES string of the molecule is Cc1ccc(Cn2ccccc2=NC(=O)[C@H]2C[C@@H]2[N+](=O)[O-])cc1. The molecular formula is C17H17N3O3. The molecule has 1 aliphatic rings. The molecule has 1 aromatic carbocycles. The van der Waals surface area contributed by atoms with E-state index in [2.05, 4.69) is 4.99 Å². The topological polar surface area (TPSA) is 77.5 Å². The maximum atomic E-state index is 12.1. The molecule has 1 saturated carbocycles. The normalized spacial score (nSPS) is 20.3. The number of hydrogen-bond acceptors (Lipinski definition) is 3. The summed E-state index contributed by atoms with van der Waals surface area (Å²) >= 11 is 0. The number of nitro groups is 1. The van der Waals surface area contributed by atoms with Gasteiger partial charge in [-0.15, -0.1) is 0 Å². The van der Waals surface area contributed by atoms with Crippen LogP contribution in [0.4, 0.5) is 0 Å². The van der Waals surface area contributed by atoms with Crippen LogP contribution in [-0.4, -0.2) is 21.4 Å². The standard InChI is InChI=1S/C17H17N3O3/c1-12-5-7-13(8-6-12)11-19-9-3-2-4-16(19)18-17(21)14-10-15(14)20(22)23/h2-9,14-15H,10-11H2,1H3/t14-,15-/m0/s1. The number of rotatable bonds is 4. The molecule has 0 bridgehead atoms. The number of pyridine rings is 1. The third kappa shape index (κ3) is 3.53. The summed E-state index contributed by atoms with van der Waals surface area (Å²) in [4.78, 5) is 26.4. The largest absolute Gasteiger partial charge is 0.328 e. The highest BCUT2D eigenvalue weighted by Gasteiger charge is 2.53. The molecule has 0 aliphatic heterocycles. The molecule has 0 unspecified atom stereocenters. The first-order valence-corrected chi connectivity index (χ1v) is 7.47. The van der Waals surface area contributed by atoms with Crippen molar-refractivity contribution in [2.75, 3.05) is 0 Å². The van der Waals surface area contributed by atoms with Gasteiger partial charge in [-0.3, -0.25) is 14.9 Å². The Bertz CT molecular complexity index is 808. The monoisotopic (exact) mass is 311 g/mol. The summed E-state index contributed by atoms with van der Waals surface area (Å²) in [6.07, 6.45) is 2.14. The summed E-state index contributed by atoms with van der Waals surface area (Å²) in [6.45, 7) is 2.62. The Morgan fingerprint density at radius 1 is 1.30 bits per heavy atom. The third-order valence-electron chi connectivity index (χ3n) is 3.96. The second-order valence-electron chi connectivity index (χ2n) is 5.82. The second kappa shape index (κ2) is 6.16. The smallest absolute Gasteiger partial charge is 0.257 e. The van der Waals surface area contributed by atoms with Gasteiger partial charge in [0.25, 0.3) is 5.91 Å². The summed E-state index contributed by atoms with van der Waals surface area (Å²) in [6, 6.07) is 12.8. The number of aryl methyl sites for hydroxylation is 1. The quantitative estimate of drug-likeness (QED) is 0.639. The van der Waals surface area contributed by atoms with Crippen LogP contribution in [0.25, 0.3) is 0 Å². The molecule has 0 saturated heterocycles. The zero-order chi connectivity index (χ0) is 16.4. The van der Waals surface area contributed by atoms with E-state index < -0.39 is 22.8 Å². The molecule has 2 atom stereocenters. The average molecular weight is 311 g/mol. The Morgan fingerprint density at radius 3 is 2.70 bits per heavy atom. The third-order valence-corrected chi connectivity index (χ3v) is 3.96. The molecule has 6 heteroatoms. The molecule has 118 valence electrons. The summed E-state index contributed by atoms with van der Waals surface area (Å²) in [7, 11) is 0. The minimum Gasteiger partial charge on any atom is -0.328 e. The molecular weight excluding hydrogens is 294 g/mol. The molecule has 23 heavy (non-hydrogen) atoms. The van der Waals surface area contributed by atoms with Crippen LogP contribution in [0.3, 0.4) is 0 Å². The Labute approximate surface area is 133 Å². The number of benzene rings is 1. The van der Waals surface area contributed by atoms with Crippen LogP contribution < -0.4 is 5.49 Å². The zero-order valence-corrected chi connectivity index (χ0v) is 12.8. The molecule has 0 N–H and O–H groups in total. The highest BCUT2D eigenvalue weighted by Crippen LogP contribution is 2.33. The number of aromatic nitrogens is 1. The predicted molar refractivity (Wildman–Crippen MR) is 84.2 cm³/mol. The predicted octanol–water partition coefficient (Wildman–Crippen LogP) is 1.94. The summed E-state index contributed by atoms with van der Waals surface area (Å²) in [5.41, 5.74) is 2.81. The molecule has 2 aromatic rings. The van der Waals surface area contributed by atoms with Gasteiger partial charge >= 0.3 is 0 Å². The van der Waals surface area contributed by atoms with Crippen LogP contribution in [0.15, 0.2) is 53.7 Å². The van der Waals surface area contributed by atoms with E-state index in [4.69, 9.17) is 0 Å². The van der Waals surface area contributed by atoms with Crippen LogP contribution in [0, 0.1) is 23.0 Å². The van der Waals surface area contributed by atoms with E-state index >= 15 is 0 Å². The first kappa shape index (κ1) is 15.1. The van der Waals surface area contributed by atoms with Gasteiger partial charge in [-0.05, 0) is 24.6 Å². The van der Waals surface area contributed by atoms with Crippen LogP contribution >= 0.6 is 0 Å². The number of carbonyl (C=O) groups is 1. The second-order valence-corrected chi connectivity index (χ2v) is 5.82. The van der Waals surface area contributed by atoms with Crippen LogP contribution in [-0.2, 0) is 11.3 Å². The van der Waals surface area contributed by atoms with Gasteiger partial charge in [-0.25, -0.2) is 0 Å². The first-order chi connectivity index (χ1) is 11.0. The van der Waals surface area contributed by atoms with E-state index in [1.54, 1.807) is 12.1 Å². The van der Waals surface area contributed by atoms with Crippen LogP contribution in [0.1, 0.15) is 17.5 Å². The highest BCUT2D eigenvalue weighted by atomic mass is 16.6. The highest BCUT2D eigenvalue weighted by molar-refractivity contribution is 5.82. The van der Waals surface area contributed by atoms with Crippen molar-refractivity contribution in [3.8, 4) is 0 Å². The fourth-order valence-electron chi connectivity index (χ4n) is 2.47. The van der Waals surface area contributed by atoms with E-state index in [1.165, 1.54) is 5.56 Å². The van der Waals surface area contributed by atoms with Gasteiger partial charge in [-0.2, -0.15) is 4.99 Å². The Balaban J connectivity index is 1.83. The molecule has 0 radical (unpaired) electrons. The van der Waals surface area contributed by atoms with Gasteiger partial charge in [0, 0.05) is 24.1 Å². The van der Waals surface area contributed by atoms with E-state index in [-0.39, 0.29) is 0 Å². The lowest BCUT2D eigenvalue weighted by Crippen LogP contribution is -2.23. The number of carbonyl (C=O) groups excluding carboxylic acids is 1. The molecule has 1 heterocycles. The number of amides is 1. The van der Waals surface area contributed by atoms with Crippen molar-refractivity contribution in [3.05, 3.63) is 75.4 Å².